The standard InChI is InChI=1S/C14H16N2O2S/c1-4-7-18-15-10(2)11-5-6-13-12(8-11)16(3)14(17)9-19-13/h4-6,8H,1,7,9H2,2-3H3/b15-10-. The molecule has 5 heteroatoms. The van der Waals surface area contributed by atoms with E-state index in [0.29, 0.717) is 12.4 Å². The molecule has 19 heavy (non-hydrogen) atoms. The van der Waals surface area contributed by atoms with E-state index < -0.39 is 0 Å². The third-order valence-corrected chi connectivity index (χ3v) is 3.90. The van der Waals surface area contributed by atoms with Crippen molar-refractivity contribution < 1.29 is 9.63 Å². The first-order valence-corrected chi connectivity index (χ1v) is 6.93. The Bertz CT molecular complexity index is 540. The molecule has 1 aliphatic rings. The van der Waals surface area contributed by atoms with Gasteiger partial charge in [0.1, 0.15) is 6.61 Å². The maximum absolute atomic E-state index is 11.7. The minimum Gasteiger partial charge on any atom is -0.391 e. The molecule has 1 heterocycles. The summed E-state index contributed by atoms with van der Waals surface area (Å²) in [6, 6.07) is 5.98. The zero-order chi connectivity index (χ0) is 13.8. The molecule has 0 bridgehead atoms. The number of carbonyl (C=O) groups excluding carboxylic acids is 1. The molecule has 0 N–H and O–H groups in total. The summed E-state index contributed by atoms with van der Waals surface area (Å²) in [5, 5.41) is 4.01. The fraction of sp³-hybridized carbons (Fsp3) is 0.286. The first-order chi connectivity index (χ1) is 9.13. The van der Waals surface area contributed by atoms with Crippen molar-refractivity contribution in [1.82, 2.24) is 0 Å². The highest BCUT2D eigenvalue weighted by atomic mass is 32.2. The summed E-state index contributed by atoms with van der Waals surface area (Å²) in [6.07, 6.45) is 1.65. The molecule has 4 nitrogen and oxygen atoms in total. The van der Waals surface area contributed by atoms with Crippen LogP contribution in [0.1, 0.15) is 12.5 Å². The van der Waals surface area contributed by atoms with E-state index in [0.717, 1.165) is 21.9 Å². The summed E-state index contributed by atoms with van der Waals surface area (Å²) >= 11 is 1.57. The molecule has 0 saturated heterocycles. The maximum atomic E-state index is 11.7. The Morgan fingerprint density at radius 1 is 1.63 bits per heavy atom. The van der Waals surface area contributed by atoms with E-state index in [-0.39, 0.29) is 5.91 Å². The molecule has 0 atom stereocenters. The fourth-order valence-electron chi connectivity index (χ4n) is 1.74. The van der Waals surface area contributed by atoms with E-state index in [1.54, 1.807) is 29.8 Å². The van der Waals surface area contributed by atoms with E-state index in [9.17, 15) is 4.79 Å². The number of amides is 1. The van der Waals surface area contributed by atoms with Gasteiger partial charge in [-0.15, -0.1) is 11.8 Å². The van der Waals surface area contributed by atoms with Gasteiger partial charge in [0.25, 0.3) is 0 Å². The first-order valence-electron chi connectivity index (χ1n) is 5.94. The van der Waals surface area contributed by atoms with Crippen LogP contribution in [0.25, 0.3) is 0 Å². The van der Waals surface area contributed by atoms with Gasteiger partial charge in [-0.3, -0.25) is 4.79 Å². The van der Waals surface area contributed by atoms with Crippen LogP contribution in [-0.2, 0) is 9.63 Å². The van der Waals surface area contributed by atoms with E-state index in [4.69, 9.17) is 4.84 Å². The number of oxime groups is 1. The van der Waals surface area contributed by atoms with Gasteiger partial charge < -0.3 is 9.74 Å². The topological polar surface area (TPSA) is 41.9 Å². The van der Waals surface area contributed by atoms with E-state index in [1.165, 1.54) is 0 Å². The Kier molecular flexibility index (Phi) is 4.27. The molecular formula is C14H16N2O2S. The second-order valence-corrected chi connectivity index (χ2v) is 5.20. The molecule has 0 aromatic heterocycles. The maximum Gasteiger partial charge on any atom is 0.237 e. The average Bonchev–Trinajstić information content (AvgIpc) is 2.43. The van der Waals surface area contributed by atoms with Gasteiger partial charge in [0, 0.05) is 17.5 Å². The van der Waals surface area contributed by atoms with Crippen LogP contribution in [0.3, 0.4) is 0 Å². The van der Waals surface area contributed by atoms with E-state index in [1.807, 2.05) is 25.1 Å². The molecule has 0 radical (unpaired) electrons. The molecule has 1 amide bonds. The largest absolute Gasteiger partial charge is 0.391 e. The lowest BCUT2D eigenvalue weighted by atomic mass is 10.1. The highest BCUT2D eigenvalue weighted by Crippen LogP contribution is 2.35. The number of nitrogens with zero attached hydrogens (tertiary/aromatic N) is 2. The summed E-state index contributed by atoms with van der Waals surface area (Å²) in [6.45, 7) is 5.83. The molecular weight excluding hydrogens is 260 g/mol. The molecule has 0 spiro atoms. The van der Waals surface area contributed by atoms with Crippen LogP contribution >= 0.6 is 11.8 Å². The number of carbonyl (C=O) groups is 1. The molecule has 2 rings (SSSR count). The summed E-state index contributed by atoms with van der Waals surface area (Å²) in [5.41, 5.74) is 2.66. The average molecular weight is 276 g/mol. The van der Waals surface area contributed by atoms with Crippen LogP contribution in [0.15, 0.2) is 40.9 Å². The number of fused-ring (bicyclic) bond motifs is 1. The molecule has 1 aliphatic heterocycles. The Morgan fingerprint density at radius 3 is 3.16 bits per heavy atom. The van der Waals surface area contributed by atoms with Crippen molar-refractivity contribution in [3.63, 3.8) is 0 Å². The van der Waals surface area contributed by atoms with Gasteiger partial charge in [-0.2, -0.15) is 0 Å². The van der Waals surface area contributed by atoms with Crippen molar-refractivity contribution in [2.45, 2.75) is 11.8 Å². The number of anilines is 1. The Balaban J connectivity index is 2.27. The molecule has 0 aliphatic carbocycles. The lowest BCUT2D eigenvalue weighted by Gasteiger charge is -2.25. The van der Waals surface area contributed by atoms with Crippen molar-refractivity contribution >= 4 is 29.1 Å². The van der Waals surface area contributed by atoms with Crippen LogP contribution in [0.2, 0.25) is 0 Å². The number of hydrogen-bond acceptors (Lipinski definition) is 4. The van der Waals surface area contributed by atoms with Crippen molar-refractivity contribution in [3.8, 4) is 0 Å². The Hall–Kier alpha value is -1.75. The third-order valence-electron chi connectivity index (χ3n) is 2.86. The lowest BCUT2D eigenvalue weighted by Crippen LogP contribution is -2.31. The van der Waals surface area contributed by atoms with Crippen LogP contribution in [0.4, 0.5) is 5.69 Å². The second kappa shape index (κ2) is 5.93. The van der Waals surface area contributed by atoms with Crippen LogP contribution in [0, 0.1) is 0 Å². The summed E-state index contributed by atoms with van der Waals surface area (Å²) in [5.74, 6) is 0.616. The van der Waals surface area contributed by atoms with Gasteiger partial charge >= 0.3 is 0 Å². The third kappa shape index (κ3) is 2.98. The highest BCUT2D eigenvalue weighted by Gasteiger charge is 2.21. The van der Waals surface area contributed by atoms with Gasteiger partial charge in [0.15, 0.2) is 0 Å². The van der Waals surface area contributed by atoms with Crippen molar-refractivity contribution in [2.24, 2.45) is 5.16 Å². The molecule has 0 unspecified atom stereocenters. The van der Waals surface area contributed by atoms with Gasteiger partial charge in [0.2, 0.25) is 5.91 Å². The summed E-state index contributed by atoms with van der Waals surface area (Å²) in [7, 11) is 1.80. The van der Waals surface area contributed by atoms with Gasteiger partial charge in [0.05, 0.1) is 17.2 Å². The van der Waals surface area contributed by atoms with Crippen molar-refractivity contribution in [3.05, 3.63) is 36.4 Å². The van der Waals surface area contributed by atoms with E-state index in [2.05, 4.69) is 11.7 Å². The summed E-state index contributed by atoms with van der Waals surface area (Å²) < 4.78 is 0. The number of benzene rings is 1. The molecule has 1 aromatic rings. The Morgan fingerprint density at radius 2 is 2.42 bits per heavy atom. The van der Waals surface area contributed by atoms with E-state index >= 15 is 0 Å². The zero-order valence-electron chi connectivity index (χ0n) is 11.0. The highest BCUT2D eigenvalue weighted by molar-refractivity contribution is 8.00. The monoisotopic (exact) mass is 276 g/mol. The second-order valence-electron chi connectivity index (χ2n) is 4.19. The quantitative estimate of drug-likeness (QED) is 0.367. The smallest absolute Gasteiger partial charge is 0.237 e. The van der Waals surface area contributed by atoms with Gasteiger partial charge in [-0.1, -0.05) is 23.9 Å². The zero-order valence-corrected chi connectivity index (χ0v) is 11.9. The predicted molar refractivity (Wildman–Crippen MR) is 78.9 cm³/mol. The molecule has 0 fully saturated rings. The molecule has 1 aromatic carbocycles. The van der Waals surface area contributed by atoms with Gasteiger partial charge in [-0.25, -0.2) is 0 Å². The predicted octanol–water partition coefficient (Wildman–Crippen LogP) is 2.68. The lowest BCUT2D eigenvalue weighted by molar-refractivity contribution is -0.116. The number of hydrogen-bond donors (Lipinski definition) is 0. The van der Waals surface area contributed by atoms with Crippen LogP contribution in [0.5, 0.6) is 0 Å². The normalized spacial score (nSPS) is 15.2. The van der Waals surface area contributed by atoms with Crippen LogP contribution < -0.4 is 4.90 Å². The van der Waals surface area contributed by atoms with Crippen molar-refractivity contribution in [2.75, 3.05) is 24.3 Å². The van der Waals surface area contributed by atoms with Crippen molar-refractivity contribution in [1.29, 1.82) is 0 Å². The minimum atomic E-state index is 0.118. The molecule has 0 saturated carbocycles. The van der Waals surface area contributed by atoms with Gasteiger partial charge in [-0.05, 0) is 19.1 Å². The SMILES string of the molecule is C=CCO/N=C(/C)c1ccc2c(c1)N(C)C(=O)CS2. The number of rotatable bonds is 4. The number of thioether (sulfide) groups is 1. The first kappa shape index (κ1) is 13.7. The molecule has 100 valence electrons. The minimum absolute atomic E-state index is 0.118. The summed E-state index contributed by atoms with van der Waals surface area (Å²) in [4.78, 5) is 19.6. The fourth-order valence-corrected chi connectivity index (χ4v) is 2.72. The van der Waals surface area contributed by atoms with Crippen LogP contribution in [-0.4, -0.2) is 31.0 Å². The Labute approximate surface area is 117 Å².